The second-order valence-corrected chi connectivity index (χ2v) is 5.70. The van der Waals surface area contributed by atoms with Crippen molar-refractivity contribution in [3.8, 4) is 5.75 Å². The van der Waals surface area contributed by atoms with E-state index in [1.165, 1.54) is 21.3 Å². The van der Waals surface area contributed by atoms with Crippen LogP contribution in [-0.4, -0.2) is 39.2 Å². The molecule has 2 aromatic carbocycles. The van der Waals surface area contributed by atoms with Gasteiger partial charge in [-0.2, -0.15) is 0 Å². The van der Waals surface area contributed by atoms with E-state index in [1.54, 1.807) is 54.6 Å². The van der Waals surface area contributed by atoms with Gasteiger partial charge in [-0.3, -0.25) is 9.59 Å². The monoisotopic (exact) mass is 371 g/mol. The van der Waals surface area contributed by atoms with E-state index in [0.29, 0.717) is 16.9 Å². The van der Waals surface area contributed by atoms with Gasteiger partial charge in [0.1, 0.15) is 5.75 Å². The van der Waals surface area contributed by atoms with Crippen molar-refractivity contribution in [3.63, 3.8) is 0 Å². The average molecular weight is 371 g/mol. The number of hydrogen-bond acceptors (Lipinski definition) is 6. The highest BCUT2D eigenvalue weighted by Gasteiger charge is 2.45. The topological polar surface area (TPSA) is 90.9 Å². The number of methoxy groups -OCH3 is 3. The summed E-state index contributed by atoms with van der Waals surface area (Å²) >= 11 is 0. The van der Waals surface area contributed by atoms with Crippen LogP contribution in [0.1, 0.15) is 22.3 Å². The van der Waals surface area contributed by atoms with E-state index in [1.807, 2.05) is 0 Å². The van der Waals surface area contributed by atoms with E-state index in [-0.39, 0.29) is 0 Å². The maximum absolute atomic E-state index is 12.8. The first kappa shape index (κ1) is 20.0. The van der Waals surface area contributed by atoms with Crippen LogP contribution in [0.4, 0.5) is 0 Å². The molecule has 2 rings (SSSR count). The zero-order chi connectivity index (χ0) is 19.9. The Kier molecular flexibility index (Phi) is 6.54. The lowest BCUT2D eigenvalue weighted by Crippen LogP contribution is -2.53. The zero-order valence-electron chi connectivity index (χ0n) is 15.4. The first-order valence-electron chi connectivity index (χ1n) is 8.14. The van der Waals surface area contributed by atoms with Crippen molar-refractivity contribution in [3.05, 3.63) is 65.7 Å². The van der Waals surface area contributed by atoms with Crippen molar-refractivity contribution >= 4 is 17.8 Å². The lowest BCUT2D eigenvalue weighted by Gasteiger charge is -2.31. The third-order valence-electron chi connectivity index (χ3n) is 4.12. The van der Waals surface area contributed by atoms with Crippen LogP contribution >= 0.6 is 0 Å². The normalized spacial score (nSPS) is 12.4. The summed E-state index contributed by atoms with van der Waals surface area (Å²) in [6.45, 7) is 0. The molecule has 1 unspecified atom stereocenters. The summed E-state index contributed by atoms with van der Waals surface area (Å²) in [7, 11) is 3.92. The number of carbonyl (C=O) groups is 3. The predicted octanol–water partition coefficient (Wildman–Crippen LogP) is 2.06. The second-order valence-electron chi connectivity index (χ2n) is 5.70. The fourth-order valence-corrected chi connectivity index (χ4v) is 2.65. The molecule has 142 valence electrons. The molecule has 0 radical (unpaired) electrons. The van der Waals surface area contributed by atoms with Crippen LogP contribution in [0.2, 0.25) is 0 Å². The lowest BCUT2D eigenvalue weighted by molar-refractivity contribution is -0.155. The molecule has 1 amide bonds. The fraction of sp³-hybridized carbons (Fsp3) is 0.250. The molecule has 7 nitrogen and oxygen atoms in total. The van der Waals surface area contributed by atoms with Crippen LogP contribution in [0.15, 0.2) is 54.6 Å². The minimum atomic E-state index is -1.72. The van der Waals surface area contributed by atoms with E-state index in [0.717, 1.165) is 0 Å². The van der Waals surface area contributed by atoms with Crippen LogP contribution in [0.25, 0.3) is 0 Å². The first-order chi connectivity index (χ1) is 13.0. The first-order valence-corrected chi connectivity index (χ1v) is 8.14. The van der Waals surface area contributed by atoms with Crippen molar-refractivity contribution in [2.75, 3.05) is 21.3 Å². The third-order valence-corrected chi connectivity index (χ3v) is 4.12. The summed E-state index contributed by atoms with van der Waals surface area (Å²) in [5, 5.41) is 2.66. The summed E-state index contributed by atoms with van der Waals surface area (Å²) in [5.74, 6) is -1.40. The highest BCUT2D eigenvalue weighted by atomic mass is 16.5. The van der Waals surface area contributed by atoms with Gasteiger partial charge < -0.3 is 19.5 Å². The van der Waals surface area contributed by atoms with Gasteiger partial charge in [-0.1, -0.05) is 30.3 Å². The number of ether oxygens (including phenoxy) is 3. The molecule has 1 atom stereocenters. The van der Waals surface area contributed by atoms with Gasteiger partial charge >= 0.3 is 11.9 Å². The number of nitrogens with one attached hydrogen (secondary N) is 1. The summed E-state index contributed by atoms with van der Waals surface area (Å²) in [6.07, 6.45) is -0.415. The van der Waals surface area contributed by atoms with E-state index in [2.05, 4.69) is 5.32 Å². The molecular weight excluding hydrogens is 350 g/mol. The smallest absolute Gasteiger partial charge is 0.336 e. The maximum Gasteiger partial charge on any atom is 0.336 e. The Bertz CT molecular complexity index is 803. The number of rotatable bonds is 7. The molecule has 1 N–H and O–H groups in total. The Balaban J connectivity index is 2.47. The van der Waals surface area contributed by atoms with E-state index >= 15 is 0 Å². The largest absolute Gasteiger partial charge is 0.497 e. The Morgan fingerprint density at radius 3 is 2.04 bits per heavy atom. The molecule has 0 bridgehead atoms. The molecule has 0 aliphatic carbocycles. The van der Waals surface area contributed by atoms with Crippen molar-refractivity contribution in [2.24, 2.45) is 0 Å². The minimum absolute atomic E-state index is 0.296. The van der Waals surface area contributed by atoms with Crippen LogP contribution in [-0.2, 0) is 24.6 Å². The van der Waals surface area contributed by atoms with Crippen LogP contribution < -0.4 is 10.1 Å². The molecule has 7 heteroatoms. The summed E-state index contributed by atoms with van der Waals surface area (Å²) in [6, 6.07) is 14.8. The number of benzene rings is 2. The molecule has 0 spiro atoms. The molecule has 27 heavy (non-hydrogen) atoms. The molecule has 2 aromatic rings. The van der Waals surface area contributed by atoms with Gasteiger partial charge in [0.05, 0.1) is 27.8 Å². The number of amides is 1. The Labute approximate surface area is 157 Å². The van der Waals surface area contributed by atoms with Crippen LogP contribution in [0.5, 0.6) is 5.75 Å². The standard InChI is InChI=1S/C20H21NO6/c1-25-16-11-9-14(10-12-16)18(23)21-20(19(24)27-3,13-17(22)26-2)15-7-5-4-6-8-15/h4-12H,13H2,1-3H3,(H,21,23). The van der Waals surface area contributed by atoms with Gasteiger partial charge in [0.25, 0.3) is 5.91 Å². The zero-order valence-corrected chi connectivity index (χ0v) is 15.4. The molecule has 0 aliphatic heterocycles. The highest BCUT2D eigenvalue weighted by molar-refractivity contribution is 6.00. The molecular formula is C20H21NO6. The van der Waals surface area contributed by atoms with Gasteiger partial charge in [-0.25, -0.2) is 4.79 Å². The molecule has 0 aromatic heterocycles. The second kappa shape index (κ2) is 8.84. The number of carbonyl (C=O) groups excluding carboxylic acids is 3. The summed E-state index contributed by atoms with van der Waals surface area (Å²) < 4.78 is 14.7. The van der Waals surface area contributed by atoms with Crippen molar-refractivity contribution in [1.29, 1.82) is 0 Å². The van der Waals surface area contributed by atoms with Gasteiger partial charge in [0.15, 0.2) is 5.54 Å². The van der Waals surface area contributed by atoms with Gasteiger partial charge in [0.2, 0.25) is 0 Å². The Morgan fingerprint density at radius 2 is 1.52 bits per heavy atom. The summed E-state index contributed by atoms with van der Waals surface area (Å²) in [5.41, 5.74) is -1.02. The Morgan fingerprint density at radius 1 is 0.889 bits per heavy atom. The van der Waals surface area contributed by atoms with Gasteiger partial charge in [0, 0.05) is 5.56 Å². The molecule has 0 heterocycles. The Hall–Kier alpha value is -3.35. The molecule has 0 fully saturated rings. The third kappa shape index (κ3) is 4.44. The maximum atomic E-state index is 12.8. The predicted molar refractivity (Wildman–Crippen MR) is 97.2 cm³/mol. The van der Waals surface area contributed by atoms with E-state index in [9.17, 15) is 14.4 Å². The SMILES string of the molecule is COC(=O)CC(NC(=O)c1ccc(OC)cc1)(C(=O)OC)c1ccccc1. The quantitative estimate of drug-likeness (QED) is 0.749. The van der Waals surface area contributed by atoms with E-state index < -0.39 is 29.8 Å². The average Bonchev–Trinajstić information content (AvgIpc) is 2.72. The van der Waals surface area contributed by atoms with Crippen molar-refractivity contribution in [2.45, 2.75) is 12.0 Å². The number of esters is 2. The molecule has 0 saturated carbocycles. The highest BCUT2D eigenvalue weighted by Crippen LogP contribution is 2.28. The minimum Gasteiger partial charge on any atom is -0.497 e. The molecule has 0 saturated heterocycles. The van der Waals surface area contributed by atoms with Crippen molar-refractivity contribution < 1.29 is 28.6 Å². The van der Waals surface area contributed by atoms with Crippen LogP contribution in [0, 0.1) is 0 Å². The molecule has 0 aliphatic rings. The van der Waals surface area contributed by atoms with Gasteiger partial charge in [-0.15, -0.1) is 0 Å². The van der Waals surface area contributed by atoms with E-state index in [4.69, 9.17) is 14.2 Å². The van der Waals surface area contributed by atoms with Crippen LogP contribution in [0.3, 0.4) is 0 Å². The summed E-state index contributed by atoms with van der Waals surface area (Å²) in [4.78, 5) is 37.5. The lowest BCUT2D eigenvalue weighted by atomic mass is 9.86. The number of hydrogen-bond donors (Lipinski definition) is 1. The van der Waals surface area contributed by atoms with Gasteiger partial charge in [-0.05, 0) is 29.8 Å². The fourth-order valence-electron chi connectivity index (χ4n) is 2.65. The van der Waals surface area contributed by atoms with Crippen molar-refractivity contribution in [1.82, 2.24) is 5.32 Å².